The summed E-state index contributed by atoms with van der Waals surface area (Å²) in [5.41, 5.74) is 2.98. The van der Waals surface area contributed by atoms with Gasteiger partial charge in [0.25, 0.3) is 0 Å². The Balaban J connectivity index is 1.38. The Bertz CT molecular complexity index is 1270. The zero-order valence-electron chi connectivity index (χ0n) is 17.9. The molecule has 0 amide bonds. The van der Waals surface area contributed by atoms with E-state index >= 15 is 0 Å². The van der Waals surface area contributed by atoms with E-state index in [4.69, 9.17) is 5.10 Å². The predicted octanol–water partition coefficient (Wildman–Crippen LogP) is 4.28. The van der Waals surface area contributed by atoms with Crippen LogP contribution < -0.4 is 15.5 Å². The molecule has 162 valence electrons. The zero-order valence-corrected chi connectivity index (χ0v) is 17.9. The second-order valence-corrected chi connectivity index (χ2v) is 8.72. The van der Waals surface area contributed by atoms with Crippen LogP contribution in [-0.4, -0.2) is 39.9 Å². The van der Waals surface area contributed by atoms with Crippen molar-refractivity contribution >= 4 is 22.5 Å². The lowest BCUT2D eigenvalue weighted by Crippen LogP contribution is -2.43. The second-order valence-electron chi connectivity index (χ2n) is 8.72. The molecule has 6 nitrogen and oxygen atoms in total. The van der Waals surface area contributed by atoms with Gasteiger partial charge in [-0.15, -0.1) is 5.10 Å². The highest BCUT2D eigenvalue weighted by Crippen LogP contribution is 2.35. The summed E-state index contributed by atoms with van der Waals surface area (Å²) >= 11 is 0. The number of pyridine rings is 1. The van der Waals surface area contributed by atoms with Gasteiger partial charge in [-0.25, -0.2) is 14.1 Å². The zero-order chi connectivity index (χ0) is 21.7. The fourth-order valence-corrected chi connectivity index (χ4v) is 4.98. The van der Waals surface area contributed by atoms with E-state index in [0.29, 0.717) is 12.1 Å². The van der Waals surface area contributed by atoms with Gasteiger partial charge in [-0.2, -0.15) is 0 Å². The van der Waals surface area contributed by atoms with Crippen LogP contribution >= 0.6 is 0 Å². The highest BCUT2D eigenvalue weighted by Gasteiger charge is 2.39. The summed E-state index contributed by atoms with van der Waals surface area (Å²) in [6.07, 6.45) is 2.90. The summed E-state index contributed by atoms with van der Waals surface area (Å²) in [5.74, 6) is 1.39. The number of aromatic nitrogens is 3. The molecule has 2 aliphatic rings. The van der Waals surface area contributed by atoms with Crippen LogP contribution in [0.25, 0.3) is 16.6 Å². The first-order valence-corrected chi connectivity index (χ1v) is 11.1. The maximum absolute atomic E-state index is 14.2. The van der Waals surface area contributed by atoms with Crippen molar-refractivity contribution < 1.29 is 4.39 Å². The van der Waals surface area contributed by atoms with Crippen molar-refractivity contribution in [1.82, 2.24) is 20.1 Å². The molecule has 2 fully saturated rings. The Hall–Kier alpha value is -3.45. The molecule has 32 heavy (non-hydrogen) atoms. The number of anilines is 2. The first kappa shape index (κ1) is 19.3. The third-order valence-electron chi connectivity index (χ3n) is 6.60. The van der Waals surface area contributed by atoms with Gasteiger partial charge in [0, 0.05) is 48.9 Å². The van der Waals surface area contributed by atoms with E-state index in [9.17, 15) is 4.39 Å². The lowest BCUT2D eigenvalue weighted by Gasteiger charge is -2.27. The third-order valence-corrected chi connectivity index (χ3v) is 6.60. The van der Waals surface area contributed by atoms with Gasteiger partial charge in [-0.3, -0.25) is 0 Å². The van der Waals surface area contributed by atoms with Crippen LogP contribution in [0.2, 0.25) is 0 Å². The standard InChI is InChI=1S/C25H25FN6/c1-16(17-5-3-2-4-6-17)29-24-13-20(9-10-27-24)32-23-8-7-18(26)11-22(23)25(30-32)31-15-19-12-21(31)14-28-19/h2-11,13,16,19,21,28H,12,14-15H2,1H3,(H,27,29)/t16-,19?,21?/m0/s1. The van der Waals surface area contributed by atoms with Gasteiger partial charge in [-0.1, -0.05) is 30.3 Å². The fraction of sp³-hybridized carbons (Fsp3) is 0.280. The summed E-state index contributed by atoms with van der Waals surface area (Å²) in [7, 11) is 0. The van der Waals surface area contributed by atoms with E-state index < -0.39 is 0 Å². The van der Waals surface area contributed by atoms with Crippen molar-refractivity contribution in [2.24, 2.45) is 0 Å². The quantitative estimate of drug-likeness (QED) is 0.497. The summed E-state index contributed by atoms with van der Waals surface area (Å²) in [4.78, 5) is 6.84. The Morgan fingerprint density at radius 3 is 2.78 bits per heavy atom. The molecule has 2 aromatic carbocycles. The number of rotatable bonds is 5. The van der Waals surface area contributed by atoms with E-state index in [2.05, 4.69) is 39.6 Å². The van der Waals surface area contributed by atoms with Crippen LogP contribution in [0.4, 0.5) is 16.0 Å². The highest BCUT2D eigenvalue weighted by molar-refractivity contribution is 5.92. The fourth-order valence-electron chi connectivity index (χ4n) is 4.98. The summed E-state index contributed by atoms with van der Waals surface area (Å²) < 4.78 is 16.1. The largest absolute Gasteiger partial charge is 0.363 e. The Morgan fingerprint density at radius 2 is 2.00 bits per heavy atom. The summed E-state index contributed by atoms with van der Waals surface area (Å²) in [6, 6.07) is 20.2. The minimum Gasteiger partial charge on any atom is -0.363 e. The number of nitrogens with zero attached hydrogens (tertiary/aromatic N) is 4. The molecule has 6 rings (SSSR count). The first-order chi connectivity index (χ1) is 15.7. The predicted molar refractivity (Wildman–Crippen MR) is 125 cm³/mol. The third kappa shape index (κ3) is 3.29. The summed E-state index contributed by atoms with van der Waals surface area (Å²) in [6.45, 7) is 3.98. The molecular weight excluding hydrogens is 403 g/mol. The van der Waals surface area contributed by atoms with Gasteiger partial charge in [0.15, 0.2) is 5.82 Å². The number of piperazine rings is 1. The van der Waals surface area contributed by atoms with E-state index in [1.807, 2.05) is 41.1 Å². The molecule has 4 aromatic rings. The number of hydrogen-bond acceptors (Lipinski definition) is 5. The van der Waals surface area contributed by atoms with Crippen molar-refractivity contribution in [2.45, 2.75) is 31.5 Å². The van der Waals surface area contributed by atoms with Gasteiger partial charge < -0.3 is 15.5 Å². The van der Waals surface area contributed by atoms with Gasteiger partial charge >= 0.3 is 0 Å². The van der Waals surface area contributed by atoms with Crippen LogP contribution in [0.3, 0.4) is 0 Å². The van der Waals surface area contributed by atoms with Crippen molar-refractivity contribution in [1.29, 1.82) is 0 Å². The molecule has 3 atom stereocenters. The summed E-state index contributed by atoms with van der Waals surface area (Å²) in [5, 5.41) is 12.8. The number of benzene rings is 2. The molecule has 0 radical (unpaired) electrons. The molecule has 4 heterocycles. The number of hydrogen-bond donors (Lipinski definition) is 2. The van der Waals surface area contributed by atoms with Gasteiger partial charge in [0.2, 0.25) is 0 Å². The molecule has 2 N–H and O–H groups in total. The molecule has 0 saturated carbocycles. The average Bonchev–Trinajstić information content (AvgIpc) is 3.54. The SMILES string of the molecule is C[C@H](Nc1cc(-n2nc(N3CC4CC3CN4)c3cc(F)ccc32)ccn1)c1ccccc1. The van der Waals surface area contributed by atoms with Crippen molar-refractivity contribution in [3.8, 4) is 5.69 Å². The highest BCUT2D eigenvalue weighted by atomic mass is 19.1. The minimum atomic E-state index is -0.241. The van der Waals surface area contributed by atoms with Crippen molar-refractivity contribution in [2.75, 3.05) is 23.3 Å². The Morgan fingerprint density at radius 1 is 1.12 bits per heavy atom. The van der Waals surface area contributed by atoms with Crippen LogP contribution in [0.5, 0.6) is 0 Å². The molecule has 0 aliphatic carbocycles. The average molecular weight is 429 g/mol. The molecular formula is C25H25FN6. The van der Waals surface area contributed by atoms with E-state index in [1.54, 1.807) is 12.3 Å². The van der Waals surface area contributed by atoms with Crippen LogP contribution in [0, 0.1) is 5.82 Å². The van der Waals surface area contributed by atoms with Crippen LogP contribution in [0.1, 0.15) is 24.9 Å². The van der Waals surface area contributed by atoms with Gasteiger partial charge in [-0.05, 0) is 43.2 Å². The lowest BCUT2D eigenvalue weighted by molar-refractivity contribution is 0.575. The molecule has 7 heteroatoms. The lowest BCUT2D eigenvalue weighted by atomic mass is 10.1. The van der Waals surface area contributed by atoms with Crippen molar-refractivity contribution in [3.63, 3.8) is 0 Å². The molecule has 2 unspecified atom stereocenters. The van der Waals surface area contributed by atoms with Gasteiger partial charge in [0.1, 0.15) is 11.6 Å². The topological polar surface area (TPSA) is 58.0 Å². The maximum Gasteiger partial charge on any atom is 0.159 e. The Kier molecular flexibility index (Phi) is 4.57. The molecule has 2 bridgehead atoms. The molecule has 2 aromatic heterocycles. The van der Waals surface area contributed by atoms with Crippen molar-refractivity contribution in [3.05, 3.63) is 78.2 Å². The number of nitrogens with one attached hydrogen (secondary N) is 2. The molecule has 0 spiro atoms. The minimum absolute atomic E-state index is 0.116. The maximum atomic E-state index is 14.2. The Labute approximate surface area is 186 Å². The number of halogens is 1. The van der Waals surface area contributed by atoms with E-state index in [0.717, 1.165) is 47.7 Å². The monoisotopic (exact) mass is 428 g/mol. The van der Waals surface area contributed by atoms with E-state index in [-0.39, 0.29) is 11.9 Å². The normalized spacial score (nSPS) is 20.8. The van der Waals surface area contributed by atoms with Gasteiger partial charge in [0.05, 0.1) is 11.2 Å². The van der Waals surface area contributed by atoms with Crippen LogP contribution in [0.15, 0.2) is 66.9 Å². The first-order valence-electron chi connectivity index (χ1n) is 11.1. The smallest absolute Gasteiger partial charge is 0.159 e. The molecule has 2 aliphatic heterocycles. The van der Waals surface area contributed by atoms with Crippen LogP contribution in [-0.2, 0) is 0 Å². The second kappa shape index (κ2) is 7.60. The van der Waals surface area contributed by atoms with E-state index in [1.165, 1.54) is 11.6 Å². The number of fused-ring (bicyclic) bond motifs is 3. The molecule has 2 saturated heterocycles.